The number of likely N-dealkylation sites (N-methyl/N-ethyl adjacent to an activating group) is 1. The fourth-order valence-corrected chi connectivity index (χ4v) is 3.75. The number of nitrogens with zero attached hydrogens (tertiary/aromatic N) is 3. The van der Waals surface area contributed by atoms with E-state index < -0.39 is 0 Å². The Morgan fingerprint density at radius 1 is 1.22 bits per heavy atom. The summed E-state index contributed by atoms with van der Waals surface area (Å²) in [6.45, 7) is 7.45. The zero-order valence-electron chi connectivity index (χ0n) is 15.7. The Morgan fingerprint density at radius 3 is 2.63 bits per heavy atom. The third kappa shape index (κ3) is 4.80. The smallest absolute Gasteiger partial charge is 0.295 e. The standard InChI is InChI=1S/C19H23N3O3S.ClH/c1-4-21(5-2)10-11-22(18(23)16-7-6-12-25-16)19-20-15-9-8-14(24-3)13-17(15)26-19;/h6-9,12-13H,4-5,10-11H2,1-3H3;1H. The molecule has 0 fully saturated rings. The Morgan fingerprint density at radius 2 is 2.00 bits per heavy atom. The van der Waals surface area contributed by atoms with Crippen molar-refractivity contribution in [3.05, 3.63) is 42.4 Å². The third-order valence-corrected chi connectivity index (χ3v) is 5.37. The van der Waals surface area contributed by atoms with Gasteiger partial charge in [-0.1, -0.05) is 25.2 Å². The number of ether oxygens (including phenoxy) is 1. The van der Waals surface area contributed by atoms with Crippen LogP contribution >= 0.6 is 23.7 Å². The Balaban J connectivity index is 0.00000261. The number of amides is 1. The van der Waals surface area contributed by atoms with Crippen molar-refractivity contribution in [1.29, 1.82) is 0 Å². The van der Waals surface area contributed by atoms with E-state index in [0.717, 1.165) is 35.6 Å². The maximum absolute atomic E-state index is 13.0. The summed E-state index contributed by atoms with van der Waals surface area (Å²) in [5.41, 5.74) is 0.853. The lowest BCUT2D eigenvalue weighted by atomic mass is 10.3. The number of fused-ring (bicyclic) bond motifs is 1. The van der Waals surface area contributed by atoms with Gasteiger partial charge < -0.3 is 14.1 Å². The van der Waals surface area contributed by atoms with Gasteiger partial charge in [-0.15, -0.1) is 12.4 Å². The lowest BCUT2D eigenvalue weighted by Gasteiger charge is -2.24. The molecule has 146 valence electrons. The summed E-state index contributed by atoms with van der Waals surface area (Å²) in [7, 11) is 1.64. The van der Waals surface area contributed by atoms with E-state index in [2.05, 4.69) is 23.7 Å². The fourth-order valence-electron chi connectivity index (χ4n) is 2.73. The second kappa shape index (κ2) is 9.73. The van der Waals surface area contributed by atoms with Crippen LogP contribution in [0.3, 0.4) is 0 Å². The number of thiazole rings is 1. The third-order valence-electron chi connectivity index (χ3n) is 4.33. The Hall–Kier alpha value is -2.09. The van der Waals surface area contributed by atoms with Crippen molar-refractivity contribution in [2.24, 2.45) is 0 Å². The number of rotatable bonds is 8. The highest BCUT2D eigenvalue weighted by atomic mass is 35.5. The number of aromatic nitrogens is 1. The highest BCUT2D eigenvalue weighted by Crippen LogP contribution is 2.32. The van der Waals surface area contributed by atoms with Gasteiger partial charge in [-0.05, 0) is 43.4 Å². The highest BCUT2D eigenvalue weighted by molar-refractivity contribution is 7.22. The largest absolute Gasteiger partial charge is 0.497 e. The summed E-state index contributed by atoms with van der Waals surface area (Å²) < 4.78 is 11.6. The van der Waals surface area contributed by atoms with E-state index in [1.165, 1.54) is 17.6 Å². The van der Waals surface area contributed by atoms with Gasteiger partial charge in [0.1, 0.15) is 5.75 Å². The molecule has 8 heteroatoms. The molecule has 0 aliphatic carbocycles. The lowest BCUT2D eigenvalue weighted by molar-refractivity contribution is 0.0957. The first-order chi connectivity index (χ1) is 12.7. The number of hydrogen-bond acceptors (Lipinski definition) is 6. The van der Waals surface area contributed by atoms with Gasteiger partial charge in [-0.3, -0.25) is 9.69 Å². The molecule has 0 aliphatic rings. The maximum atomic E-state index is 13.0. The number of benzene rings is 1. The molecule has 0 radical (unpaired) electrons. The van der Waals surface area contributed by atoms with Crippen LogP contribution in [-0.2, 0) is 0 Å². The minimum atomic E-state index is -0.173. The van der Waals surface area contributed by atoms with E-state index in [-0.39, 0.29) is 18.3 Å². The molecule has 1 aromatic carbocycles. The van der Waals surface area contributed by atoms with Gasteiger partial charge >= 0.3 is 0 Å². The van der Waals surface area contributed by atoms with E-state index >= 15 is 0 Å². The van der Waals surface area contributed by atoms with Gasteiger partial charge in [0.05, 0.1) is 23.6 Å². The molecule has 0 unspecified atom stereocenters. The van der Waals surface area contributed by atoms with E-state index in [0.29, 0.717) is 17.4 Å². The van der Waals surface area contributed by atoms with Crippen molar-refractivity contribution in [2.75, 3.05) is 38.2 Å². The second-order valence-electron chi connectivity index (χ2n) is 5.79. The second-order valence-corrected chi connectivity index (χ2v) is 6.80. The predicted octanol–water partition coefficient (Wildman–Crippen LogP) is 4.31. The first-order valence-electron chi connectivity index (χ1n) is 8.68. The topological polar surface area (TPSA) is 58.8 Å². The Kier molecular flexibility index (Phi) is 7.65. The van der Waals surface area contributed by atoms with Crippen LogP contribution in [0.5, 0.6) is 5.75 Å². The van der Waals surface area contributed by atoms with E-state index in [1.807, 2.05) is 18.2 Å². The van der Waals surface area contributed by atoms with Gasteiger partial charge in [0.25, 0.3) is 5.91 Å². The number of furan rings is 1. The summed E-state index contributed by atoms with van der Waals surface area (Å²) in [5, 5.41) is 0.668. The Labute approximate surface area is 169 Å². The van der Waals surface area contributed by atoms with Crippen molar-refractivity contribution >= 4 is 45.0 Å². The lowest BCUT2D eigenvalue weighted by Crippen LogP contribution is -2.38. The maximum Gasteiger partial charge on any atom is 0.295 e. The molecule has 0 N–H and O–H groups in total. The molecule has 0 bridgehead atoms. The fraction of sp³-hybridized carbons (Fsp3) is 0.368. The average molecular weight is 410 g/mol. The van der Waals surface area contributed by atoms with Crippen LogP contribution in [0.2, 0.25) is 0 Å². The van der Waals surface area contributed by atoms with Crippen LogP contribution in [0, 0.1) is 0 Å². The summed E-state index contributed by atoms with van der Waals surface area (Å²) in [6, 6.07) is 9.13. The monoisotopic (exact) mass is 409 g/mol. The first kappa shape index (κ1) is 21.2. The number of hydrogen-bond donors (Lipinski definition) is 0. The van der Waals surface area contributed by atoms with Crippen molar-refractivity contribution in [3.8, 4) is 5.75 Å². The van der Waals surface area contributed by atoms with Crippen LogP contribution in [-0.4, -0.2) is 49.1 Å². The average Bonchev–Trinajstić information content (AvgIpc) is 3.33. The van der Waals surface area contributed by atoms with Crippen LogP contribution in [0.4, 0.5) is 5.13 Å². The zero-order chi connectivity index (χ0) is 18.5. The predicted molar refractivity (Wildman–Crippen MR) is 112 cm³/mol. The summed E-state index contributed by atoms with van der Waals surface area (Å²) >= 11 is 1.48. The van der Waals surface area contributed by atoms with Crippen LogP contribution in [0.25, 0.3) is 10.2 Å². The number of carbonyl (C=O) groups is 1. The van der Waals surface area contributed by atoms with Gasteiger partial charge in [0.15, 0.2) is 10.9 Å². The number of carbonyl (C=O) groups excluding carboxylic acids is 1. The molecule has 0 spiro atoms. The van der Waals surface area contributed by atoms with E-state index in [4.69, 9.17) is 9.15 Å². The molecule has 2 aromatic heterocycles. The van der Waals surface area contributed by atoms with Crippen molar-refractivity contribution < 1.29 is 13.9 Å². The van der Waals surface area contributed by atoms with Crippen LogP contribution in [0.1, 0.15) is 24.4 Å². The van der Waals surface area contributed by atoms with Gasteiger partial charge in [0, 0.05) is 13.1 Å². The summed E-state index contributed by atoms with van der Waals surface area (Å²) in [4.78, 5) is 21.6. The summed E-state index contributed by atoms with van der Waals surface area (Å²) in [6.07, 6.45) is 1.51. The van der Waals surface area contributed by atoms with Gasteiger partial charge in [0.2, 0.25) is 0 Å². The van der Waals surface area contributed by atoms with Crippen LogP contribution in [0.15, 0.2) is 41.0 Å². The zero-order valence-corrected chi connectivity index (χ0v) is 17.3. The van der Waals surface area contributed by atoms with Crippen molar-refractivity contribution in [2.45, 2.75) is 13.8 Å². The molecule has 2 heterocycles. The summed E-state index contributed by atoms with van der Waals surface area (Å²) in [5.74, 6) is 0.925. The molecule has 0 atom stereocenters. The molecular weight excluding hydrogens is 386 g/mol. The van der Waals surface area contributed by atoms with Crippen LogP contribution < -0.4 is 9.64 Å². The number of halogens is 1. The molecule has 0 saturated carbocycles. The van der Waals surface area contributed by atoms with Crippen molar-refractivity contribution in [1.82, 2.24) is 9.88 Å². The van der Waals surface area contributed by atoms with Gasteiger partial charge in [-0.2, -0.15) is 0 Å². The SMILES string of the molecule is CCN(CC)CCN(C(=O)c1ccco1)c1nc2ccc(OC)cc2s1.Cl. The quantitative estimate of drug-likeness (QED) is 0.554. The molecular formula is C19H24ClN3O3S. The molecule has 27 heavy (non-hydrogen) atoms. The molecule has 6 nitrogen and oxygen atoms in total. The number of anilines is 1. The van der Waals surface area contributed by atoms with E-state index in [1.54, 1.807) is 24.1 Å². The number of methoxy groups -OCH3 is 1. The Bertz CT molecular complexity index is 862. The normalized spacial score (nSPS) is 10.8. The highest BCUT2D eigenvalue weighted by Gasteiger charge is 2.23. The minimum Gasteiger partial charge on any atom is -0.497 e. The molecule has 1 amide bonds. The van der Waals surface area contributed by atoms with Crippen molar-refractivity contribution in [3.63, 3.8) is 0 Å². The molecule has 0 saturated heterocycles. The molecule has 3 aromatic rings. The first-order valence-corrected chi connectivity index (χ1v) is 9.50. The van der Waals surface area contributed by atoms with E-state index in [9.17, 15) is 4.79 Å². The molecule has 3 rings (SSSR count). The molecule has 0 aliphatic heterocycles. The minimum absolute atomic E-state index is 0. The van der Waals surface area contributed by atoms with Gasteiger partial charge in [-0.25, -0.2) is 4.98 Å².